The van der Waals surface area contributed by atoms with E-state index >= 15 is 0 Å². The van der Waals surface area contributed by atoms with Gasteiger partial charge >= 0.3 is 0 Å². The third-order valence-corrected chi connectivity index (χ3v) is 3.59. The number of rotatable bonds is 3. The summed E-state index contributed by atoms with van der Waals surface area (Å²) in [7, 11) is 1.75. The van der Waals surface area contributed by atoms with Gasteiger partial charge in [0.1, 0.15) is 6.04 Å². The van der Waals surface area contributed by atoms with Gasteiger partial charge in [-0.1, -0.05) is 23.2 Å². The number of hydrogen-bond acceptors (Lipinski definition) is 3. The minimum Gasteiger partial charge on any atom is -0.323 e. The number of nitrogens with one attached hydrogen (secondary N) is 1. The summed E-state index contributed by atoms with van der Waals surface area (Å²) in [5.74, 6) is -0.375. The van der Waals surface area contributed by atoms with Crippen LogP contribution in [-0.4, -0.2) is 15.7 Å². The van der Waals surface area contributed by atoms with Gasteiger partial charge in [-0.25, -0.2) is 0 Å². The molecule has 2 rings (SSSR count). The normalized spacial score (nSPS) is 12.2. The second kappa shape index (κ2) is 5.83. The van der Waals surface area contributed by atoms with E-state index in [2.05, 4.69) is 10.4 Å². The first-order chi connectivity index (χ1) is 9.38. The van der Waals surface area contributed by atoms with E-state index in [4.69, 9.17) is 28.9 Å². The number of amides is 1. The highest BCUT2D eigenvalue weighted by atomic mass is 35.5. The molecule has 0 bridgehead atoms. The zero-order valence-corrected chi connectivity index (χ0v) is 12.5. The van der Waals surface area contributed by atoms with E-state index < -0.39 is 6.04 Å². The lowest BCUT2D eigenvalue weighted by Gasteiger charge is -2.13. The quantitative estimate of drug-likeness (QED) is 0.915. The maximum Gasteiger partial charge on any atom is 0.246 e. The van der Waals surface area contributed by atoms with Crippen LogP contribution >= 0.6 is 23.2 Å². The number of aromatic nitrogens is 2. The third kappa shape index (κ3) is 3.12. The van der Waals surface area contributed by atoms with Crippen molar-refractivity contribution in [3.8, 4) is 0 Å². The van der Waals surface area contributed by atoms with Crippen LogP contribution in [0.1, 0.15) is 17.2 Å². The summed E-state index contributed by atoms with van der Waals surface area (Å²) in [5, 5.41) is 7.59. The Morgan fingerprint density at radius 2 is 2.10 bits per heavy atom. The Balaban J connectivity index is 2.17. The number of benzene rings is 1. The summed E-state index contributed by atoms with van der Waals surface area (Å²) in [4.78, 5) is 12.1. The van der Waals surface area contributed by atoms with Crippen molar-refractivity contribution in [1.82, 2.24) is 9.78 Å². The van der Waals surface area contributed by atoms with Crippen LogP contribution in [0.2, 0.25) is 10.0 Å². The van der Waals surface area contributed by atoms with Gasteiger partial charge < -0.3 is 11.1 Å². The van der Waals surface area contributed by atoms with Crippen LogP contribution in [0.5, 0.6) is 0 Å². The topological polar surface area (TPSA) is 72.9 Å². The zero-order valence-electron chi connectivity index (χ0n) is 11.0. The number of hydrogen-bond donors (Lipinski definition) is 2. The van der Waals surface area contributed by atoms with Crippen LogP contribution in [-0.2, 0) is 11.8 Å². The van der Waals surface area contributed by atoms with Crippen molar-refractivity contribution >= 4 is 34.8 Å². The minimum atomic E-state index is -0.820. The second-order valence-corrected chi connectivity index (χ2v) is 5.31. The van der Waals surface area contributed by atoms with Gasteiger partial charge in [0.2, 0.25) is 5.91 Å². The Bertz CT molecular complexity index is 654. The predicted molar refractivity (Wildman–Crippen MR) is 80.0 cm³/mol. The van der Waals surface area contributed by atoms with E-state index in [0.29, 0.717) is 21.3 Å². The molecule has 1 amide bonds. The van der Waals surface area contributed by atoms with Gasteiger partial charge in [-0.3, -0.25) is 9.48 Å². The van der Waals surface area contributed by atoms with Gasteiger partial charge in [-0.05, 0) is 24.6 Å². The van der Waals surface area contributed by atoms with E-state index in [1.807, 2.05) is 6.92 Å². The average Bonchev–Trinajstić information content (AvgIpc) is 2.81. The lowest BCUT2D eigenvalue weighted by Crippen LogP contribution is -2.27. The summed E-state index contributed by atoms with van der Waals surface area (Å²) in [5.41, 5.74) is 7.78. The molecule has 7 heteroatoms. The van der Waals surface area contributed by atoms with Crippen molar-refractivity contribution in [2.24, 2.45) is 12.8 Å². The van der Waals surface area contributed by atoms with Crippen LogP contribution in [0, 0.1) is 6.92 Å². The lowest BCUT2D eigenvalue weighted by atomic mass is 10.1. The summed E-state index contributed by atoms with van der Waals surface area (Å²) in [6.45, 7) is 1.83. The first-order valence-electron chi connectivity index (χ1n) is 5.89. The molecule has 1 unspecified atom stereocenters. The number of nitrogens with two attached hydrogens (primary N) is 1. The molecule has 0 saturated heterocycles. The van der Waals surface area contributed by atoms with Crippen LogP contribution in [0.25, 0.3) is 0 Å². The van der Waals surface area contributed by atoms with Gasteiger partial charge in [0.05, 0.1) is 16.9 Å². The van der Waals surface area contributed by atoms with Gasteiger partial charge in [-0.2, -0.15) is 5.10 Å². The van der Waals surface area contributed by atoms with Crippen LogP contribution in [0.15, 0.2) is 24.5 Å². The van der Waals surface area contributed by atoms with Crippen molar-refractivity contribution in [2.45, 2.75) is 13.0 Å². The van der Waals surface area contributed by atoms with Crippen molar-refractivity contribution in [3.63, 3.8) is 0 Å². The predicted octanol–water partition coefficient (Wildman–Crippen LogP) is 2.67. The fraction of sp³-hybridized carbons (Fsp3) is 0.231. The molecule has 0 aliphatic heterocycles. The largest absolute Gasteiger partial charge is 0.323 e. The summed E-state index contributed by atoms with van der Waals surface area (Å²) in [6.07, 6.45) is 3.24. The SMILES string of the molecule is Cc1cc(Cl)c(NC(=O)C(N)c2cnn(C)c2)cc1Cl. The molecule has 1 heterocycles. The summed E-state index contributed by atoms with van der Waals surface area (Å²) < 4.78 is 1.58. The Morgan fingerprint density at radius 3 is 2.70 bits per heavy atom. The van der Waals surface area contributed by atoms with Crippen molar-refractivity contribution < 1.29 is 4.79 Å². The molecule has 1 atom stereocenters. The zero-order chi connectivity index (χ0) is 14.9. The van der Waals surface area contributed by atoms with Crippen LogP contribution in [0.3, 0.4) is 0 Å². The molecule has 0 radical (unpaired) electrons. The minimum absolute atomic E-state index is 0.375. The highest BCUT2D eigenvalue weighted by Crippen LogP contribution is 2.29. The second-order valence-electron chi connectivity index (χ2n) is 4.50. The number of carbonyl (C=O) groups is 1. The van der Waals surface area contributed by atoms with Gasteiger partial charge in [0.15, 0.2) is 0 Å². The molecule has 2 aromatic rings. The molecular weight excluding hydrogens is 299 g/mol. The number of halogens is 2. The molecule has 20 heavy (non-hydrogen) atoms. The maximum atomic E-state index is 12.1. The Labute approximate surface area is 126 Å². The fourth-order valence-corrected chi connectivity index (χ4v) is 2.13. The van der Waals surface area contributed by atoms with Gasteiger partial charge in [-0.15, -0.1) is 0 Å². The van der Waals surface area contributed by atoms with E-state index in [1.54, 1.807) is 36.3 Å². The highest BCUT2D eigenvalue weighted by Gasteiger charge is 2.18. The van der Waals surface area contributed by atoms with E-state index in [-0.39, 0.29) is 5.91 Å². The Kier molecular flexibility index (Phi) is 4.32. The first-order valence-corrected chi connectivity index (χ1v) is 6.64. The van der Waals surface area contributed by atoms with Gasteiger partial charge in [0.25, 0.3) is 0 Å². The maximum absolute atomic E-state index is 12.1. The summed E-state index contributed by atoms with van der Waals surface area (Å²) >= 11 is 12.1. The monoisotopic (exact) mass is 312 g/mol. The molecule has 0 fully saturated rings. The number of anilines is 1. The lowest BCUT2D eigenvalue weighted by molar-refractivity contribution is -0.117. The Morgan fingerprint density at radius 1 is 1.40 bits per heavy atom. The molecule has 5 nitrogen and oxygen atoms in total. The third-order valence-electron chi connectivity index (χ3n) is 2.87. The van der Waals surface area contributed by atoms with Crippen LogP contribution < -0.4 is 11.1 Å². The standard InChI is InChI=1S/C13H14Cl2N4O/c1-7-3-10(15)11(4-9(7)14)18-13(20)12(16)8-5-17-19(2)6-8/h3-6,12H,16H2,1-2H3,(H,18,20). The van der Waals surface area contributed by atoms with E-state index in [0.717, 1.165) is 5.56 Å². The molecular formula is C13H14Cl2N4O. The molecule has 0 aliphatic carbocycles. The smallest absolute Gasteiger partial charge is 0.246 e. The molecule has 0 aliphatic rings. The molecule has 106 valence electrons. The first kappa shape index (κ1) is 14.8. The fourth-order valence-electron chi connectivity index (χ4n) is 1.70. The Hall–Kier alpha value is -1.56. The van der Waals surface area contributed by atoms with E-state index in [9.17, 15) is 4.79 Å². The number of carbonyl (C=O) groups excluding carboxylic acids is 1. The highest BCUT2D eigenvalue weighted by molar-refractivity contribution is 6.36. The van der Waals surface area contributed by atoms with Crippen molar-refractivity contribution in [3.05, 3.63) is 45.7 Å². The van der Waals surface area contributed by atoms with Crippen molar-refractivity contribution in [2.75, 3.05) is 5.32 Å². The number of aryl methyl sites for hydroxylation is 2. The van der Waals surface area contributed by atoms with Crippen LogP contribution in [0.4, 0.5) is 5.69 Å². The van der Waals surface area contributed by atoms with Gasteiger partial charge in [0, 0.05) is 23.8 Å². The van der Waals surface area contributed by atoms with E-state index in [1.165, 1.54) is 0 Å². The molecule has 1 aromatic heterocycles. The molecule has 3 N–H and O–H groups in total. The molecule has 0 saturated carbocycles. The summed E-state index contributed by atoms with van der Waals surface area (Å²) in [6, 6.07) is 2.47. The molecule has 0 spiro atoms. The molecule has 1 aromatic carbocycles. The van der Waals surface area contributed by atoms with Crippen molar-refractivity contribution in [1.29, 1.82) is 0 Å². The number of nitrogens with zero attached hydrogens (tertiary/aromatic N) is 2. The average molecular weight is 313 g/mol.